The van der Waals surface area contributed by atoms with Crippen LogP contribution in [0.25, 0.3) is 11.0 Å². The van der Waals surface area contributed by atoms with Crippen molar-refractivity contribution in [1.82, 2.24) is 14.9 Å². The number of anilines is 2. The molecule has 0 bridgehead atoms. The number of fused-ring (bicyclic) bond motifs is 1. The number of piperazine rings is 1. The summed E-state index contributed by atoms with van der Waals surface area (Å²) in [7, 11) is 0. The van der Waals surface area contributed by atoms with Crippen molar-refractivity contribution >= 4 is 28.6 Å². The lowest BCUT2D eigenvalue weighted by Gasteiger charge is -2.43. The molecule has 2 fully saturated rings. The van der Waals surface area contributed by atoms with Gasteiger partial charge in [0.15, 0.2) is 0 Å². The normalized spacial score (nSPS) is 20.5. The summed E-state index contributed by atoms with van der Waals surface area (Å²) >= 11 is 0. The summed E-state index contributed by atoms with van der Waals surface area (Å²) in [6.07, 6.45) is 1.78. The minimum absolute atomic E-state index is 0.123. The van der Waals surface area contributed by atoms with Gasteiger partial charge in [-0.2, -0.15) is 0 Å². The molecule has 1 atom stereocenters. The molecule has 1 N–H and O–H groups in total. The van der Waals surface area contributed by atoms with Crippen molar-refractivity contribution in [1.29, 1.82) is 0 Å². The van der Waals surface area contributed by atoms with Gasteiger partial charge in [-0.3, -0.25) is 4.79 Å². The van der Waals surface area contributed by atoms with Gasteiger partial charge in [-0.1, -0.05) is 24.3 Å². The molecule has 3 heterocycles. The summed E-state index contributed by atoms with van der Waals surface area (Å²) < 4.78 is 0. The fourth-order valence-corrected chi connectivity index (χ4v) is 5.03. The third-order valence-corrected chi connectivity index (χ3v) is 6.79. The van der Waals surface area contributed by atoms with Gasteiger partial charge >= 0.3 is 0 Å². The molecule has 2 aliphatic heterocycles. The maximum atomic E-state index is 13.2. The molecule has 3 aromatic rings. The van der Waals surface area contributed by atoms with Gasteiger partial charge in [0.25, 0.3) is 0 Å². The largest absolute Gasteiger partial charge is 0.365 e. The topological polar surface area (TPSA) is 55.5 Å². The number of imidazole rings is 1. The van der Waals surface area contributed by atoms with Gasteiger partial charge < -0.3 is 19.7 Å². The van der Waals surface area contributed by atoms with Crippen molar-refractivity contribution in [3.63, 3.8) is 0 Å². The number of carbonyl (C=O) groups excluding carboxylic acids is 1. The Morgan fingerprint density at radius 3 is 2.58 bits per heavy atom. The van der Waals surface area contributed by atoms with E-state index >= 15 is 0 Å². The number of carbonyl (C=O) groups is 1. The van der Waals surface area contributed by atoms with E-state index in [0.717, 1.165) is 62.5 Å². The van der Waals surface area contributed by atoms with Gasteiger partial charge in [-0.05, 0) is 56.5 Å². The summed E-state index contributed by atoms with van der Waals surface area (Å²) in [5.74, 6) is 1.38. The zero-order valence-corrected chi connectivity index (χ0v) is 18.4. The van der Waals surface area contributed by atoms with Crippen molar-refractivity contribution in [2.24, 2.45) is 5.92 Å². The molecule has 0 aliphatic carbocycles. The Kier molecular flexibility index (Phi) is 5.30. The molecular formula is C25H31N5O. The minimum Gasteiger partial charge on any atom is -0.365 e. The molecule has 162 valence electrons. The second-order valence-electron chi connectivity index (χ2n) is 9.00. The molecule has 5 rings (SSSR count). The molecule has 0 radical (unpaired) electrons. The maximum Gasteiger partial charge on any atom is 0.225 e. The number of aromatic nitrogens is 2. The number of aromatic amines is 1. The summed E-state index contributed by atoms with van der Waals surface area (Å²) in [5.41, 5.74) is 4.60. The number of amides is 1. The molecule has 6 nitrogen and oxygen atoms in total. The van der Waals surface area contributed by atoms with Gasteiger partial charge in [-0.25, -0.2) is 4.98 Å². The van der Waals surface area contributed by atoms with Crippen molar-refractivity contribution in [2.45, 2.75) is 32.7 Å². The highest BCUT2D eigenvalue weighted by Crippen LogP contribution is 2.27. The lowest BCUT2D eigenvalue weighted by molar-refractivity contribution is -0.137. The van der Waals surface area contributed by atoms with Gasteiger partial charge in [0, 0.05) is 50.4 Å². The molecule has 0 saturated carbocycles. The first-order valence-corrected chi connectivity index (χ1v) is 11.4. The predicted molar refractivity (Wildman–Crippen MR) is 126 cm³/mol. The summed E-state index contributed by atoms with van der Waals surface area (Å²) in [6, 6.07) is 17.1. The first-order chi connectivity index (χ1) is 15.1. The number of benzene rings is 2. The number of piperidine rings is 1. The number of H-pyrrole nitrogens is 1. The van der Waals surface area contributed by atoms with E-state index in [2.05, 4.69) is 63.9 Å². The Bertz CT molecular complexity index is 1040. The molecule has 31 heavy (non-hydrogen) atoms. The highest BCUT2D eigenvalue weighted by molar-refractivity contribution is 5.80. The lowest BCUT2D eigenvalue weighted by atomic mass is 9.94. The van der Waals surface area contributed by atoms with Crippen molar-refractivity contribution in [3.8, 4) is 0 Å². The average molecular weight is 418 g/mol. The van der Waals surface area contributed by atoms with E-state index in [-0.39, 0.29) is 5.92 Å². The van der Waals surface area contributed by atoms with Crippen LogP contribution in [-0.2, 0) is 4.79 Å². The summed E-state index contributed by atoms with van der Waals surface area (Å²) in [4.78, 5) is 28.2. The van der Waals surface area contributed by atoms with E-state index in [0.29, 0.717) is 11.9 Å². The number of para-hydroxylation sites is 2. The van der Waals surface area contributed by atoms with Gasteiger partial charge in [0.05, 0.1) is 11.0 Å². The highest BCUT2D eigenvalue weighted by Gasteiger charge is 2.33. The molecule has 6 heteroatoms. The van der Waals surface area contributed by atoms with Gasteiger partial charge in [0.2, 0.25) is 11.9 Å². The lowest BCUT2D eigenvalue weighted by Crippen LogP contribution is -2.55. The van der Waals surface area contributed by atoms with Crippen LogP contribution < -0.4 is 9.80 Å². The Balaban J connectivity index is 1.18. The van der Waals surface area contributed by atoms with E-state index in [1.807, 2.05) is 18.2 Å². The maximum absolute atomic E-state index is 13.2. The minimum atomic E-state index is 0.123. The van der Waals surface area contributed by atoms with Crippen LogP contribution in [0.15, 0.2) is 48.5 Å². The first kappa shape index (κ1) is 19.9. The van der Waals surface area contributed by atoms with E-state index in [1.165, 1.54) is 11.3 Å². The van der Waals surface area contributed by atoms with Crippen LogP contribution in [0.2, 0.25) is 0 Å². The third-order valence-electron chi connectivity index (χ3n) is 6.79. The van der Waals surface area contributed by atoms with E-state index in [9.17, 15) is 4.79 Å². The second kappa shape index (κ2) is 8.25. The first-order valence-electron chi connectivity index (χ1n) is 11.4. The summed E-state index contributed by atoms with van der Waals surface area (Å²) in [6.45, 7) is 8.60. The van der Waals surface area contributed by atoms with Crippen LogP contribution in [0.1, 0.15) is 25.3 Å². The molecule has 1 unspecified atom stereocenters. The molecule has 2 aromatic carbocycles. The number of rotatable bonds is 3. The van der Waals surface area contributed by atoms with Crippen molar-refractivity contribution in [2.75, 3.05) is 42.5 Å². The molecule has 0 spiro atoms. The number of hydrogen-bond donors (Lipinski definition) is 1. The monoisotopic (exact) mass is 417 g/mol. The summed E-state index contributed by atoms with van der Waals surface area (Å²) in [5, 5.41) is 0. The Labute approximate surface area is 183 Å². The number of nitrogens with zero attached hydrogens (tertiary/aromatic N) is 4. The van der Waals surface area contributed by atoms with Crippen LogP contribution in [0, 0.1) is 12.8 Å². The molecular weight excluding hydrogens is 386 g/mol. The zero-order chi connectivity index (χ0) is 21.4. The van der Waals surface area contributed by atoms with Crippen LogP contribution in [0.4, 0.5) is 11.6 Å². The van der Waals surface area contributed by atoms with E-state index in [4.69, 9.17) is 4.98 Å². The zero-order valence-electron chi connectivity index (χ0n) is 18.4. The van der Waals surface area contributed by atoms with Crippen LogP contribution in [0.3, 0.4) is 0 Å². The Morgan fingerprint density at radius 1 is 1.03 bits per heavy atom. The fourth-order valence-electron chi connectivity index (χ4n) is 5.03. The smallest absolute Gasteiger partial charge is 0.225 e. The second-order valence-corrected chi connectivity index (χ2v) is 9.00. The van der Waals surface area contributed by atoms with Crippen LogP contribution in [0.5, 0.6) is 0 Å². The van der Waals surface area contributed by atoms with Gasteiger partial charge in [-0.15, -0.1) is 0 Å². The fraction of sp³-hybridized carbons (Fsp3) is 0.440. The average Bonchev–Trinajstić information content (AvgIpc) is 3.23. The van der Waals surface area contributed by atoms with Crippen LogP contribution in [-0.4, -0.2) is 59.5 Å². The number of hydrogen-bond acceptors (Lipinski definition) is 4. The Hall–Kier alpha value is -3.02. The van der Waals surface area contributed by atoms with Crippen molar-refractivity contribution < 1.29 is 4.79 Å². The predicted octanol–water partition coefficient (Wildman–Crippen LogP) is 3.83. The highest BCUT2D eigenvalue weighted by atomic mass is 16.2. The standard InChI is InChI=1S/C25H31N5O/c1-18-6-5-7-21(16-18)30-15-14-29(17-19(30)2)24(31)20-10-12-28(13-11-20)25-26-22-8-3-4-9-23(22)27-25/h3-9,16,19-20H,10-15,17H2,1-2H3,(H,26,27). The van der Waals surface area contributed by atoms with Gasteiger partial charge in [0.1, 0.15) is 0 Å². The third kappa shape index (κ3) is 3.99. The Morgan fingerprint density at radius 2 is 1.84 bits per heavy atom. The number of nitrogens with one attached hydrogen (secondary N) is 1. The number of aryl methyl sites for hydroxylation is 1. The molecule has 1 aromatic heterocycles. The van der Waals surface area contributed by atoms with Crippen LogP contribution >= 0.6 is 0 Å². The quantitative estimate of drug-likeness (QED) is 0.704. The molecule has 2 saturated heterocycles. The van der Waals surface area contributed by atoms with Crippen molar-refractivity contribution in [3.05, 3.63) is 54.1 Å². The van der Waals surface area contributed by atoms with E-state index in [1.54, 1.807) is 0 Å². The molecule has 2 aliphatic rings. The molecule has 1 amide bonds. The van der Waals surface area contributed by atoms with E-state index < -0.39 is 0 Å². The SMILES string of the molecule is Cc1cccc(N2CCN(C(=O)C3CCN(c4nc5ccccc5[nH]4)CC3)CC2C)c1.